The highest BCUT2D eigenvalue weighted by Gasteiger charge is 2.36. The Hall–Kier alpha value is -3.26. The van der Waals surface area contributed by atoms with E-state index in [1.807, 2.05) is 0 Å². The highest BCUT2D eigenvalue weighted by molar-refractivity contribution is 5.96. The number of fused-ring (bicyclic) bond motifs is 1. The molecular formula is C21H20FN3O4. The van der Waals surface area contributed by atoms with Crippen molar-refractivity contribution in [1.29, 1.82) is 0 Å². The lowest BCUT2D eigenvalue weighted by molar-refractivity contribution is -0.131. The van der Waals surface area contributed by atoms with Crippen molar-refractivity contribution in [2.75, 3.05) is 32.7 Å². The summed E-state index contributed by atoms with van der Waals surface area (Å²) >= 11 is 0. The fraction of sp³-hybridized carbons (Fsp3) is 0.286. The monoisotopic (exact) mass is 397 g/mol. The maximum absolute atomic E-state index is 14.2. The maximum atomic E-state index is 14.2. The largest absolute Gasteiger partial charge is 0.478 e. The third-order valence-corrected chi connectivity index (χ3v) is 5.39. The Morgan fingerprint density at radius 2 is 1.76 bits per heavy atom. The van der Waals surface area contributed by atoms with E-state index in [1.54, 1.807) is 23.1 Å². The molecule has 150 valence electrons. The van der Waals surface area contributed by atoms with E-state index in [9.17, 15) is 18.8 Å². The molecule has 2 N–H and O–H groups in total. The Kier molecular flexibility index (Phi) is 5.02. The number of benzene rings is 2. The number of aromatic carboxylic acids is 1. The second kappa shape index (κ2) is 7.63. The third kappa shape index (κ3) is 3.84. The van der Waals surface area contributed by atoms with Gasteiger partial charge < -0.3 is 15.3 Å². The van der Waals surface area contributed by atoms with Crippen molar-refractivity contribution in [3.8, 4) is 11.1 Å². The van der Waals surface area contributed by atoms with E-state index in [-0.39, 0.29) is 35.5 Å². The predicted molar refractivity (Wildman–Crippen MR) is 103 cm³/mol. The Morgan fingerprint density at radius 1 is 1.00 bits per heavy atom. The Labute approximate surface area is 166 Å². The van der Waals surface area contributed by atoms with E-state index in [0.29, 0.717) is 30.8 Å². The molecule has 4 rings (SSSR count). The molecule has 8 heteroatoms. The summed E-state index contributed by atoms with van der Waals surface area (Å²) in [5.41, 5.74) is 1.43. The maximum Gasteiger partial charge on any atom is 0.335 e. The average molecular weight is 397 g/mol. The van der Waals surface area contributed by atoms with Gasteiger partial charge in [-0.05, 0) is 41.5 Å². The van der Waals surface area contributed by atoms with Gasteiger partial charge in [0.05, 0.1) is 5.56 Å². The van der Waals surface area contributed by atoms with Crippen molar-refractivity contribution in [2.24, 2.45) is 0 Å². The molecule has 2 aromatic carbocycles. The molecular weight excluding hydrogens is 377 g/mol. The molecule has 1 unspecified atom stereocenters. The lowest BCUT2D eigenvalue weighted by Gasteiger charge is -2.43. The van der Waals surface area contributed by atoms with Crippen molar-refractivity contribution in [3.05, 3.63) is 59.4 Å². The molecule has 7 nitrogen and oxygen atoms in total. The number of nitrogens with zero attached hydrogens (tertiary/aromatic N) is 2. The van der Waals surface area contributed by atoms with E-state index >= 15 is 0 Å². The third-order valence-electron chi connectivity index (χ3n) is 5.39. The van der Waals surface area contributed by atoms with Crippen molar-refractivity contribution in [1.82, 2.24) is 15.1 Å². The van der Waals surface area contributed by atoms with E-state index in [0.717, 1.165) is 6.54 Å². The number of hydrogen-bond acceptors (Lipinski definition) is 4. The predicted octanol–water partition coefficient (Wildman–Crippen LogP) is 1.45. The number of piperazine rings is 2. The van der Waals surface area contributed by atoms with Gasteiger partial charge in [-0.25, -0.2) is 9.18 Å². The number of carbonyl (C=O) groups is 3. The Balaban J connectivity index is 1.57. The molecule has 2 aliphatic rings. The lowest BCUT2D eigenvalue weighted by Crippen LogP contribution is -2.64. The van der Waals surface area contributed by atoms with Crippen LogP contribution in [0, 0.1) is 5.82 Å². The molecule has 0 spiro atoms. The van der Waals surface area contributed by atoms with Crippen molar-refractivity contribution >= 4 is 17.8 Å². The molecule has 2 aliphatic heterocycles. The highest BCUT2D eigenvalue weighted by atomic mass is 19.1. The van der Waals surface area contributed by atoms with Crippen LogP contribution < -0.4 is 5.32 Å². The quantitative estimate of drug-likeness (QED) is 0.818. The number of hydrogen-bond donors (Lipinski definition) is 2. The molecule has 0 bridgehead atoms. The van der Waals surface area contributed by atoms with Gasteiger partial charge in [-0.15, -0.1) is 0 Å². The number of carbonyl (C=O) groups excluding carboxylic acids is 2. The van der Waals surface area contributed by atoms with Gasteiger partial charge in [-0.2, -0.15) is 0 Å². The molecule has 2 amide bonds. The zero-order valence-corrected chi connectivity index (χ0v) is 15.6. The molecule has 2 fully saturated rings. The molecule has 0 radical (unpaired) electrons. The molecule has 1 atom stereocenters. The second-order valence-electron chi connectivity index (χ2n) is 7.21. The number of nitrogens with one attached hydrogen (secondary N) is 1. The molecule has 0 aromatic heterocycles. The first kappa shape index (κ1) is 19.1. The van der Waals surface area contributed by atoms with Crippen molar-refractivity contribution in [2.45, 2.75) is 6.04 Å². The van der Waals surface area contributed by atoms with Gasteiger partial charge in [0.1, 0.15) is 11.9 Å². The fourth-order valence-corrected chi connectivity index (χ4v) is 3.83. The Bertz CT molecular complexity index is 976. The highest BCUT2D eigenvalue weighted by Crippen LogP contribution is 2.24. The molecule has 0 saturated carbocycles. The number of amides is 2. The van der Waals surface area contributed by atoms with Crippen LogP contribution in [0.5, 0.6) is 0 Å². The zero-order chi connectivity index (χ0) is 20.5. The van der Waals surface area contributed by atoms with Crippen LogP contribution in [0.1, 0.15) is 20.7 Å². The lowest BCUT2D eigenvalue weighted by atomic mass is 10.0. The van der Waals surface area contributed by atoms with Crippen LogP contribution in [-0.4, -0.2) is 71.5 Å². The number of halogens is 1. The van der Waals surface area contributed by atoms with Crippen LogP contribution in [0.25, 0.3) is 11.1 Å². The number of rotatable bonds is 3. The summed E-state index contributed by atoms with van der Waals surface area (Å²) < 4.78 is 14.2. The van der Waals surface area contributed by atoms with Gasteiger partial charge in [-0.3, -0.25) is 14.5 Å². The molecule has 2 heterocycles. The second-order valence-corrected chi connectivity index (χ2v) is 7.21. The first-order valence-corrected chi connectivity index (χ1v) is 9.38. The summed E-state index contributed by atoms with van der Waals surface area (Å²) in [5.74, 6) is -2.02. The number of carboxylic acid groups (broad SMARTS) is 1. The van der Waals surface area contributed by atoms with Crippen LogP contribution in [-0.2, 0) is 4.79 Å². The molecule has 2 aromatic rings. The normalized spacial score (nSPS) is 19.4. The van der Waals surface area contributed by atoms with E-state index in [2.05, 4.69) is 10.2 Å². The summed E-state index contributed by atoms with van der Waals surface area (Å²) in [6.07, 6.45) is 0. The first-order valence-electron chi connectivity index (χ1n) is 9.38. The van der Waals surface area contributed by atoms with Gasteiger partial charge in [0.2, 0.25) is 5.91 Å². The van der Waals surface area contributed by atoms with Crippen molar-refractivity contribution in [3.63, 3.8) is 0 Å². The smallest absolute Gasteiger partial charge is 0.335 e. The van der Waals surface area contributed by atoms with E-state index in [1.165, 1.54) is 24.3 Å². The fourth-order valence-electron chi connectivity index (χ4n) is 3.83. The van der Waals surface area contributed by atoms with Gasteiger partial charge >= 0.3 is 5.97 Å². The van der Waals surface area contributed by atoms with Gasteiger partial charge in [0, 0.05) is 38.3 Å². The summed E-state index contributed by atoms with van der Waals surface area (Å²) in [7, 11) is 0. The first-order chi connectivity index (χ1) is 13.9. The van der Waals surface area contributed by atoms with Crippen LogP contribution in [0.2, 0.25) is 0 Å². The van der Waals surface area contributed by atoms with Gasteiger partial charge in [-0.1, -0.05) is 12.1 Å². The zero-order valence-electron chi connectivity index (χ0n) is 15.6. The van der Waals surface area contributed by atoms with Gasteiger partial charge in [0.25, 0.3) is 5.91 Å². The van der Waals surface area contributed by atoms with E-state index in [4.69, 9.17) is 5.11 Å². The molecule has 29 heavy (non-hydrogen) atoms. The van der Waals surface area contributed by atoms with E-state index < -0.39 is 11.8 Å². The average Bonchev–Trinajstić information content (AvgIpc) is 2.73. The summed E-state index contributed by atoms with van der Waals surface area (Å²) in [6.45, 7) is 2.71. The minimum absolute atomic E-state index is 0.0906. The van der Waals surface area contributed by atoms with Gasteiger partial charge in [0.15, 0.2) is 0 Å². The molecule has 2 saturated heterocycles. The summed E-state index contributed by atoms with van der Waals surface area (Å²) in [6, 6.07) is 9.74. The van der Waals surface area contributed by atoms with Crippen LogP contribution in [0.4, 0.5) is 4.39 Å². The SMILES string of the molecule is O=C(O)c1ccc(-c2cc(F)cc(C(=O)N3CCN4CCNC(=O)C4C3)c2)cc1. The molecule has 0 aliphatic carbocycles. The standard InChI is InChI=1S/C21H20FN3O4/c22-17-10-15(13-1-3-14(4-2-13)21(28)29)9-16(11-17)20(27)25-8-7-24-6-5-23-19(26)18(24)12-25/h1-4,9-11,18H,5-8,12H2,(H,23,26)(H,28,29). The van der Waals surface area contributed by atoms with Crippen LogP contribution in [0.3, 0.4) is 0 Å². The Morgan fingerprint density at radius 3 is 2.48 bits per heavy atom. The summed E-state index contributed by atoms with van der Waals surface area (Å²) in [4.78, 5) is 39.7. The topological polar surface area (TPSA) is 89.9 Å². The van der Waals surface area contributed by atoms with Crippen molar-refractivity contribution < 1.29 is 23.9 Å². The minimum Gasteiger partial charge on any atom is -0.478 e. The summed E-state index contributed by atoms with van der Waals surface area (Å²) in [5, 5.41) is 11.8. The van der Waals surface area contributed by atoms with Crippen LogP contribution in [0.15, 0.2) is 42.5 Å². The minimum atomic E-state index is -1.04. The number of carboxylic acids is 1. The van der Waals surface area contributed by atoms with Crippen LogP contribution >= 0.6 is 0 Å².